The monoisotopic (exact) mass is 274 g/mol. The van der Waals surface area contributed by atoms with E-state index >= 15 is 0 Å². The fourth-order valence-corrected chi connectivity index (χ4v) is 2.81. The maximum absolute atomic E-state index is 12.1. The largest absolute Gasteiger partial charge is 0.352 e. The van der Waals surface area contributed by atoms with E-state index in [-0.39, 0.29) is 5.91 Å². The lowest BCUT2D eigenvalue weighted by molar-refractivity contribution is 0.0956. The SMILES string of the molecule is CCC(C)CC(NC)c1ccc2c(c1)C(=O)NCCC2. The number of hydrogen-bond acceptors (Lipinski definition) is 2. The second kappa shape index (κ2) is 6.89. The molecule has 0 fully saturated rings. The highest BCUT2D eigenvalue weighted by Crippen LogP contribution is 2.26. The maximum Gasteiger partial charge on any atom is 0.251 e. The fraction of sp³-hybridized carbons (Fsp3) is 0.588. The van der Waals surface area contributed by atoms with Crippen LogP contribution in [-0.4, -0.2) is 19.5 Å². The lowest BCUT2D eigenvalue weighted by atomic mass is 9.91. The van der Waals surface area contributed by atoms with Crippen LogP contribution in [0.25, 0.3) is 0 Å². The van der Waals surface area contributed by atoms with Crippen molar-refractivity contribution in [2.24, 2.45) is 5.92 Å². The van der Waals surface area contributed by atoms with Crippen molar-refractivity contribution >= 4 is 5.91 Å². The highest BCUT2D eigenvalue weighted by Gasteiger charge is 2.19. The Bertz CT molecular complexity index is 470. The molecule has 20 heavy (non-hydrogen) atoms. The van der Waals surface area contributed by atoms with E-state index in [1.807, 2.05) is 7.05 Å². The summed E-state index contributed by atoms with van der Waals surface area (Å²) in [5.74, 6) is 0.762. The van der Waals surface area contributed by atoms with Crippen molar-refractivity contribution in [3.05, 3.63) is 34.9 Å². The molecule has 0 saturated carbocycles. The van der Waals surface area contributed by atoms with Gasteiger partial charge < -0.3 is 10.6 Å². The smallest absolute Gasteiger partial charge is 0.251 e. The summed E-state index contributed by atoms with van der Waals surface area (Å²) in [5, 5.41) is 6.37. The molecule has 1 aromatic rings. The van der Waals surface area contributed by atoms with Crippen LogP contribution in [0.5, 0.6) is 0 Å². The third-order valence-electron chi connectivity index (χ3n) is 4.37. The molecule has 0 saturated heterocycles. The highest BCUT2D eigenvalue weighted by atomic mass is 16.1. The summed E-state index contributed by atoms with van der Waals surface area (Å²) in [5.41, 5.74) is 3.27. The standard InChI is InChI=1S/C17H26N2O/c1-4-12(2)10-16(18-3)14-8-7-13-6-5-9-19-17(20)15(13)11-14/h7-8,11-12,16,18H,4-6,9-10H2,1-3H3,(H,19,20). The molecule has 0 bridgehead atoms. The van der Waals surface area contributed by atoms with E-state index in [0.717, 1.165) is 31.4 Å². The number of fused-ring (bicyclic) bond motifs is 1. The van der Waals surface area contributed by atoms with Gasteiger partial charge in [-0.1, -0.05) is 32.4 Å². The Kier molecular flexibility index (Phi) is 5.18. The first-order valence-corrected chi connectivity index (χ1v) is 7.74. The Morgan fingerprint density at radius 3 is 2.90 bits per heavy atom. The molecule has 1 amide bonds. The van der Waals surface area contributed by atoms with Crippen LogP contribution in [0.2, 0.25) is 0 Å². The highest BCUT2D eigenvalue weighted by molar-refractivity contribution is 5.96. The number of carbonyl (C=O) groups is 1. The van der Waals surface area contributed by atoms with E-state index in [4.69, 9.17) is 0 Å². The number of benzene rings is 1. The first kappa shape index (κ1) is 15.0. The quantitative estimate of drug-likeness (QED) is 0.866. The summed E-state index contributed by atoms with van der Waals surface area (Å²) in [6.45, 7) is 5.29. The van der Waals surface area contributed by atoms with E-state index < -0.39 is 0 Å². The Morgan fingerprint density at radius 1 is 1.40 bits per heavy atom. The van der Waals surface area contributed by atoms with Gasteiger partial charge in [0.15, 0.2) is 0 Å². The lowest BCUT2D eigenvalue weighted by Crippen LogP contribution is -2.24. The summed E-state index contributed by atoms with van der Waals surface area (Å²) in [6, 6.07) is 6.73. The third-order valence-corrected chi connectivity index (χ3v) is 4.37. The molecule has 0 aliphatic carbocycles. The van der Waals surface area contributed by atoms with Gasteiger partial charge in [0.2, 0.25) is 0 Å². The molecule has 0 aromatic heterocycles. The number of nitrogens with one attached hydrogen (secondary N) is 2. The Balaban J connectivity index is 2.26. The van der Waals surface area contributed by atoms with E-state index in [1.54, 1.807) is 0 Å². The van der Waals surface area contributed by atoms with Crippen LogP contribution in [0.3, 0.4) is 0 Å². The van der Waals surface area contributed by atoms with Crippen molar-refractivity contribution in [2.45, 2.75) is 45.6 Å². The van der Waals surface area contributed by atoms with Crippen molar-refractivity contribution in [1.29, 1.82) is 0 Å². The topological polar surface area (TPSA) is 41.1 Å². The van der Waals surface area contributed by atoms with Gasteiger partial charge in [0, 0.05) is 18.2 Å². The number of aryl methyl sites for hydroxylation is 1. The average molecular weight is 274 g/mol. The van der Waals surface area contributed by atoms with Crippen LogP contribution in [0.4, 0.5) is 0 Å². The molecule has 2 N–H and O–H groups in total. The molecule has 1 aliphatic rings. The normalized spacial score (nSPS) is 17.9. The van der Waals surface area contributed by atoms with E-state index in [0.29, 0.717) is 12.0 Å². The second-order valence-electron chi connectivity index (χ2n) is 5.87. The van der Waals surface area contributed by atoms with Crippen molar-refractivity contribution in [2.75, 3.05) is 13.6 Å². The maximum atomic E-state index is 12.1. The van der Waals surface area contributed by atoms with E-state index in [1.165, 1.54) is 17.5 Å². The molecule has 0 spiro atoms. The predicted octanol–water partition coefficient (Wildman–Crippen LogP) is 3.06. The first-order chi connectivity index (χ1) is 9.65. The molecule has 1 heterocycles. The van der Waals surface area contributed by atoms with Crippen LogP contribution in [0.15, 0.2) is 18.2 Å². The lowest BCUT2D eigenvalue weighted by Gasteiger charge is -2.21. The van der Waals surface area contributed by atoms with Crippen LogP contribution < -0.4 is 10.6 Å². The van der Waals surface area contributed by atoms with Gasteiger partial charge in [-0.15, -0.1) is 0 Å². The molecule has 1 aliphatic heterocycles. The van der Waals surface area contributed by atoms with Gasteiger partial charge >= 0.3 is 0 Å². The third kappa shape index (κ3) is 3.40. The van der Waals surface area contributed by atoms with Gasteiger partial charge in [-0.2, -0.15) is 0 Å². The number of rotatable bonds is 5. The zero-order chi connectivity index (χ0) is 14.5. The summed E-state index contributed by atoms with van der Waals surface area (Å²) >= 11 is 0. The van der Waals surface area contributed by atoms with Crippen LogP contribution in [0, 0.1) is 5.92 Å². The van der Waals surface area contributed by atoms with Gasteiger partial charge in [-0.3, -0.25) is 4.79 Å². The fourth-order valence-electron chi connectivity index (χ4n) is 2.81. The molecule has 1 aromatic carbocycles. The molecule has 0 radical (unpaired) electrons. The zero-order valence-electron chi connectivity index (χ0n) is 12.8. The minimum atomic E-state index is 0.0812. The van der Waals surface area contributed by atoms with Gasteiger partial charge in [0.05, 0.1) is 0 Å². The number of carbonyl (C=O) groups excluding carboxylic acids is 1. The van der Waals surface area contributed by atoms with Crippen molar-refractivity contribution < 1.29 is 4.79 Å². The molecular formula is C17H26N2O. The number of hydrogen-bond donors (Lipinski definition) is 2. The average Bonchev–Trinajstić information content (AvgIpc) is 2.66. The Labute approximate surface area is 122 Å². The summed E-state index contributed by atoms with van der Waals surface area (Å²) < 4.78 is 0. The molecule has 2 unspecified atom stereocenters. The minimum absolute atomic E-state index is 0.0812. The summed E-state index contributed by atoms with van der Waals surface area (Å²) in [6.07, 6.45) is 4.31. The van der Waals surface area contributed by atoms with Gasteiger partial charge in [0.25, 0.3) is 5.91 Å². The molecule has 2 atom stereocenters. The Hall–Kier alpha value is -1.35. The molecule has 2 rings (SSSR count). The second-order valence-corrected chi connectivity index (χ2v) is 5.87. The molecule has 3 heteroatoms. The van der Waals surface area contributed by atoms with Gasteiger partial charge in [0.1, 0.15) is 0 Å². The number of amides is 1. The summed E-state index contributed by atoms with van der Waals surface area (Å²) in [7, 11) is 2.00. The van der Waals surface area contributed by atoms with Crippen LogP contribution >= 0.6 is 0 Å². The van der Waals surface area contributed by atoms with Crippen LogP contribution in [-0.2, 0) is 6.42 Å². The summed E-state index contributed by atoms with van der Waals surface area (Å²) in [4.78, 5) is 12.1. The van der Waals surface area contributed by atoms with E-state index in [9.17, 15) is 4.79 Å². The van der Waals surface area contributed by atoms with Crippen molar-refractivity contribution in [3.8, 4) is 0 Å². The van der Waals surface area contributed by atoms with Crippen LogP contribution in [0.1, 0.15) is 60.6 Å². The molecular weight excluding hydrogens is 248 g/mol. The van der Waals surface area contributed by atoms with Gasteiger partial charge in [-0.05, 0) is 49.4 Å². The van der Waals surface area contributed by atoms with Crippen molar-refractivity contribution in [1.82, 2.24) is 10.6 Å². The van der Waals surface area contributed by atoms with Crippen molar-refractivity contribution in [3.63, 3.8) is 0 Å². The Morgan fingerprint density at radius 2 is 2.20 bits per heavy atom. The minimum Gasteiger partial charge on any atom is -0.352 e. The zero-order valence-corrected chi connectivity index (χ0v) is 12.8. The van der Waals surface area contributed by atoms with E-state index in [2.05, 4.69) is 42.7 Å². The molecule has 110 valence electrons. The first-order valence-electron chi connectivity index (χ1n) is 7.74. The van der Waals surface area contributed by atoms with Gasteiger partial charge in [-0.25, -0.2) is 0 Å². The molecule has 3 nitrogen and oxygen atoms in total. The predicted molar refractivity (Wildman–Crippen MR) is 83.0 cm³/mol.